The highest BCUT2D eigenvalue weighted by Crippen LogP contribution is 2.19. The molecule has 0 atom stereocenters. The van der Waals surface area contributed by atoms with Gasteiger partial charge in [0, 0.05) is 18.4 Å². The van der Waals surface area contributed by atoms with Crippen molar-refractivity contribution in [1.29, 1.82) is 0 Å². The number of carbonyl (C=O) groups excluding carboxylic acids is 2. The lowest BCUT2D eigenvalue weighted by Gasteiger charge is -2.14. The van der Waals surface area contributed by atoms with Crippen LogP contribution in [-0.4, -0.2) is 54.6 Å². The van der Waals surface area contributed by atoms with E-state index in [0.29, 0.717) is 23.0 Å². The molecule has 0 aliphatic carbocycles. The fraction of sp³-hybridized carbons (Fsp3) is 0.353. The van der Waals surface area contributed by atoms with E-state index >= 15 is 0 Å². The molecular weight excluding hydrogens is 370 g/mol. The van der Waals surface area contributed by atoms with Crippen molar-refractivity contribution in [3.8, 4) is 5.82 Å². The fourth-order valence-corrected chi connectivity index (χ4v) is 3.87. The lowest BCUT2D eigenvalue weighted by atomic mass is 10.1. The van der Waals surface area contributed by atoms with Crippen molar-refractivity contribution in [2.24, 2.45) is 0 Å². The van der Waals surface area contributed by atoms with E-state index in [0.717, 1.165) is 22.8 Å². The number of rotatable bonds is 6. The third-order valence-corrected chi connectivity index (χ3v) is 5.58. The van der Waals surface area contributed by atoms with Crippen LogP contribution in [0.25, 0.3) is 5.82 Å². The van der Waals surface area contributed by atoms with E-state index in [2.05, 4.69) is 15.4 Å². The van der Waals surface area contributed by atoms with Gasteiger partial charge < -0.3 is 5.32 Å². The van der Waals surface area contributed by atoms with Crippen LogP contribution < -0.4 is 5.32 Å². The zero-order chi connectivity index (χ0) is 18.7. The maximum atomic E-state index is 12.1. The van der Waals surface area contributed by atoms with Crippen LogP contribution in [0.2, 0.25) is 0 Å². The number of thiocarbonyl (C=S) groups is 1. The molecule has 26 heavy (non-hydrogen) atoms. The summed E-state index contributed by atoms with van der Waals surface area (Å²) < 4.78 is 2.28. The van der Waals surface area contributed by atoms with E-state index < -0.39 is 0 Å². The molecule has 136 valence electrons. The third-order valence-electron chi connectivity index (χ3n) is 4.15. The molecule has 0 unspecified atom stereocenters. The summed E-state index contributed by atoms with van der Waals surface area (Å²) in [5.41, 5.74) is 3.00. The Morgan fingerprint density at radius 1 is 1.38 bits per heavy atom. The molecule has 0 bridgehead atoms. The number of amides is 2. The minimum Gasteiger partial charge on any atom is -0.354 e. The largest absolute Gasteiger partial charge is 0.354 e. The van der Waals surface area contributed by atoms with E-state index in [1.807, 2.05) is 36.7 Å². The number of hydrogen-bond donors (Lipinski definition) is 1. The maximum absolute atomic E-state index is 12.1. The quantitative estimate of drug-likeness (QED) is 0.753. The second kappa shape index (κ2) is 7.96. The summed E-state index contributed by atoms with van der Waals surface area (Å²) in [6, 6.07) is 5.68. The van der Waals surface area contributed by atoms with Gasteiger partial charge >= 0.3 is 0 Å². The number of aromatic nitrogens is 3. The highest BCUT2D eigenvalue weighted by atomic mass is 32.2. The third kappa shape index (κ3) is 3.94. The first-order valence-corrected chi connectivity index (χ1v) is 9.57. The van der Waals surface area contributed by atoms with Gasteiger partial charge in [-0.25, -0.2) is 9.67 Å². The highest BCUT2D eigenvalue weighted by molar-refractivity contribution is 8.23. The second-order valence-corrected chi connectivity index (χ2v) is 7.49. The molecule has 7 nitrogen and oxygen atoms in total. The van der Waals surface area contributed by atoms with Crippen molar-refractivity contribution in [2.45, 2.75) is 20.3 Å². The summed E-state index contributed by atoms with van der Waals surface area (Å²) in [7, 11) is 0. The first-order valence-electron chi connectivity index (χ1n) is 8.17. The van der Waals surface area contributed by atoms with Crippen LogP contribution in [0.1, 0.15) is 17.0 Å². The van der Waals surface area contributed by atoms with E-state index in [9.17, 15) is 9.59 Å². The number of thioether (sulfide) groups is 1. The van der Waals surface area contributed by atoms with E-state index in [4.69, 9.17) is 12.2 Å². The topological polar surface area (TPSA) is 80.1 Å². The Labute approximate surface area is 161 Å². The molecule has 3 heterocycles. The van der Waals surface area contributed by atoms with Gasteiger partial charge in [-0.05, 0) is 38.0 Å². The van der Waals surface area contributed by atoms with Crippen molar-refractivity contribution >= 4 is 40.1 Å². The number of pyridine rings is 1. The Kier molecular flexibility index (Phi) is 5.67. The van der Waals surface area contributed by atoms with Crippen LogP contribution in [0.3, 0.4) is 0 Å². The monoisotopic (exact) mass is 389 g/mol. The van der Waals surface area contributed by atoms with Crippen molar-refractivity contribution in [3.63, 3.8) is 0 Å². The van der Waals surface area contributed by atoms with E-state index in [1.165, 1.54) is 16.7 Å². The van der Waals surface area contributed by atoms with E-state index in [1.54, 1.807) is 6.20 Å². The second-order valence-electron chi connectivity index (χ2n) is 5.88. The standard InChI is InChI=1S/C17H19N5O2S2/c1-11-13(12(2)22(20-11)14-5-3-4-7-18-14)6-8-19-15(23)9-21-16(24)10-26-17(21)25/h3-5,7H,6,8-10H2,1-2H3,(H,19,23). The molecule has 2 aromatic heterocycles. The molecule has 1 aliphatic rings. The van der Waals surface area contributed by atoms with Crippen LogP contribution in [0.15, 0.2) is 24.4 Å². The lowest BCUT2D eigenvalue weighted by molar-refractivity contribution is -0.129. The van der Waals surface area contributed by atoms with Crippen LogP contribution in [0, 0.1) is 13.8 Å². The zero-order valence-corrected chi connectivity index (χ0v) is 16.2. The molecule has 0 radical (unpaired) electrons. The Morgan fingerprint density at radius 3 is 2.85 bits per heavy atom. The van der Waals surface area contributed by atoms with Crippen molar-refractivity contribution in [1.82, 2.24) is 25.0 Å². The summed E-state index contributed by atoms with van der Waals surface area (Å²) in [5.74, 6) is 0.757. The molecule has 3 rings (SSSR count). The highest BCUT2D eigenvalue weighted by Gasteiger charge is 2.28. The van der Waals surface area contributed by atoms with Crippen molar-refractivity contribution in [2.75, 3.05) is 18.8 Å². The Morgan fingerprint density at radius 2 is 2.19 bits per heavy atom. The predicted octanol–water partition coefficient (Wildman–Crippen LogP) is 1.40. The van der Waals surface area contributed by atoms with Gasteiger partial charge in [-0.1, -0.05) is 30.0 Å². The molecule has 0 saturated carbocycles. The molecule has 1 fully saturated rings. The Bertz CT molecular complexity index is 834. The van der Waals surface area contributed by atoms with Gasteiger partial charge in [-0.2, -0.15) is 5.10 Å². The molecule has 1 N–H and O–H groups in total. The van der Waals surface area contributed by atoms with Gasteiger partial charge in [-0.3, -0.25) is 14.5 Å². The summed E-state index contributed by atoms with van der Waals surface area (Å²) >= 11 is 6.37. The van der Waals surface area contributed by atoms with Crippen LogP contribution in [-0.2, 0) is 16.0 Å². The van der Waals surface area contributed by atoms with Crippen LogP contribution in [0.5, 0.6) is 0 Å². The molecule has 1 aliphatic heterocycles. The predicted molar refractivity (Wildman–Crippen MR) is 104 cm³/mol. The number of carbonyl (C=O) groups is 2. The molecule has 2 aromatic rings. The van der Waals surface area contributed by atoms with Crippen molar-refractivity contribution in [3.05, 3.63) is 41.3 Å². The number of hydrogen-bond acceptors (Lipinski definition) is 6. The summed E-state index contributed by atoms with van der Waals surface area (Å²) in [6.07, 6.45) is 2.39. The van der Waals surface area contributed by atoms with Gasteiger partial charge in [0.1, 0.15) is 10.9 Å². The first kappa shape index (κ1) is 18.5. The summed E-state index contributed by atoms with van der Waals surface area (Å²) in [5, 5.41) is 7.40. The number of aryl methyl sites for hydroxylation is 1. The normalized spacial score (nSPS) is 14.2. The SMILES string of the molecule is Cc1nn(-c2ccccn2)c(C)c1CCNC(=O)CN1C(=O)CSC1=S. The number of nitrogens with one attached hydrogen (secondary N) is 1. The smallest absolute Gasteiger partial charge is 0.240 e. The molecule has 2 amide bonds. The summed E-state index contributed by atoms with van der Waals surface area (Å²) in [6.45, 7) is 4.39. The van der Waals surface area contributed by atoms with Crippen LogP contribution in [0.4, 0.5) is 0 Å². The van der Waals surface area contributed by atoms with Gasteiger partial charge in [0.2, 0.25) is 11.8 Å². The number of nitrogens with zero attached hydrogens (tertiary/aromatic N) is 4. The zero-order valence-electron chi connectivity index (χ0n) is 14.6. The Balaban J connectivity index is 1.58. The fourth-order valence-electron chi connectivity index (χ4n) is 2.80. The van der Waals surface area contributed by atoms with E-state index in [-0.39, 0.29) is 18.4 Å². The molecular formula is C17H19N5O2S2. The Hall–Kier alpha value is -2.26. The van der Waals surface area contributed by atoms with Gasteiger partial charge in [0.15, 0.2) is 5.82 Å². The van der Waals surface area contributed by atoms with Crippen molar-refractivity contribution < 1.29 is 9.59 Å². The summed E-state index contributed by atoms with van der Waals surface area (Å²) in [4.78, 5) is 29.4. The molecule has 9 heteroatoms. The van der Waals surface area contributed by atoms with Crippen LogP contribution >= 0.6 is 24.0 Å². The first-order chi connectivity index (χ1) is 12.5. The minimum absolute atomic E-state index is 0.0180. The van der Waals surface area contributed by atoms with Gasteiger partial charge in [-0.15, -0.1) is 0 Å². The molecule has 0 spiro atoms. The van der Waals surface area contributed by atoms with Gasteiger partial charge in [0.05, 0.1) is 11.4 Å². The molecule has 0 aromatic carbocycles. The average Bonchev–Trinajstić information content (AvgIpc) is 3.10. The molecule has 1 saturated heterocycles. The average molecular weight is 390 g/mol. The maximum Gasteiger partial charge on any atom is 0.240 e. The lowest BCUT2D eigenvalue weighted by Crippen LogP contribution is -2.40. The minimum atomic E-state index is -0.212. The van der Waals surface area contributed by atoms with Gasteiger partial charge in [0.25, 0.3) is 0 Å².